The molecule has 2 nitrogen and oxygen atoms in total. The van der Waals surface area contributed by atoms with Crippen molar-refractivity contribution in [2.24, 2.45) is 11.8 Å². The van der Waals surface area contributed by atoms with Crippen molar-refractivity contribution in [2.75, 3.05) is 13.2 Å². The standard InChI is InChI=1S/C31H58O2/c1-8-9-10-11-12-13-14-15-22-31(32-25-23-29(6)20-16-18-27(2)3)33-26-24-30(7)21-17-19-28(4)5/h8,18-19,29-31H,1,9-17,20-26H2,2-7H3. The normalized spacial score (nSPS) is 13.9. The molecule has 0 aromatic carbocycles. The monoisotopic (exact) mass is 462 g/mol. The number of hydrogen-bond donors (Lipinski definition) is 0. The summed E-state index contributed by atoms with van der Waals surface area (Å²) in [7, 11) is 0. The predicted molar refractivity (Wildman–Crippen MR) is 148 cm³/mol. The summed E-state index contributed by atoms with van der Waals surface area (Å²) in [4.78, 5) is 0. The van der Waals surface area contributed by atoms with E-state index in [0.717, 1.165) is 38.9 Å². The molecule has 0 fully saturated rings. The lowest BCUT2D eigenvalue weighted by Crippen LogP contribution is -2.20. The van der Waals surface area contributed by atoms with Crippen molar-refractivity contribution in [1.29, 1.82) is 0 Å². The fourth-order valence-electron chi connectivity index (χ4n) is 3.92. The summed E-state index contributed by atoms with van der Waals surface area (Å²) in [5, 5.41) is 0. The van der Waals surface area contributed by atoms with E-state index in [4.69, 9.17) is 9.47 Å². The minimum Gasteiger partial charge on any atom is -0.353 e. The molecule has 0 bridgehead atoms. The fourth-order valence-corrected chi connectivity index (χ4v) is 3.92. The molecule has 0 saturated carbocycles. The van der Waals surface area contributed by atoms with Crippen molar-refractivity contribution in [3.05, 3.63) is 36.0 Å². The van der Waals surface area contributed by atoms with Gasteiger partial charge in [-0.1, -0.05) is 68.9 Å². The average molecular weight is 463 g/mol. The molecule has 0 saturated heterocycles. The summed E-state index contributed by atoms with van der Waals surface area (Å²) in [6.07, 6.45) is 23.8. The van der Waals surface area contributed by atoms with Crippen molar-refractivity contribution < 1.29 is 9.47 Å². The Morgan fingerprint density at radius 3 is 1.52 bits per heavy atom. The third-order valence-electron chi connectivity index (χ3n) is 6.35. The van der Waals surface area contributed by atoms with Gasteiger partial charge in [-0.15, -0.1) is 6.58 Å². The highest BCUT2D eigenvalue weighted by Gasteiger charge is 2.12. The summed E-state index contributed by atoms with van der Waals surface area (Å²) >= 11 is 0. The van der Waals surface area contributed by atoms with Gasteiger partial charge in [-0.3, -0.25) is 0 Å². The third-order valence-corrected chi connectivity index (χ3v) is 6.35. The van der Waals surface area contributed by atoms with Gasteiger partial charge in [0.25, 0.3) is 0 Å². The lowest BCUT2D eigenvalue weighted by molar-refractivity contribution is -0.150. The van der Waals surface area contributed by atoms with Crippen molar-refractivity contribution in [3.63, 3.8) is 0 Å². The highest BCUT2D eigenvalue weighted by molar-refractivity contribution is 4.93. The largest absolute Gasteiger partial charge is 0.353 e. The topological polar surface area (TPSA) is 18.5 Å². The lowest BCUT2D eigenvalue weighted by Gasteiger charge is -2.21. The first kappa shape index (κ1) is 32.1. The van der Waals surface area contributed by atoms with E-state index < -0.39 is 0 Å². The fraction of sp³-hybridized carbons (Fsp3) is 0.806. The van der Waals surface area contributed by atoms with Crippen LogP contribution in [0.3, 0.4) is 0 Å². The van der Waals surface area contributed by atoms with Crippen LogP contribution in [0, 0.1) is 11.8 Å². The Morgan fingerprint density at radius 2 is 1.06 bits per heavy atom. The summed E-state index contributed by atoms with van der Waals surface area (Å²) in [6, 6.07) is 0. The Kier molecular flexibility index (Phi) is 22.3. The van der Waals surface area contributed by atoms with E-state index in [1.165, 1.54) is 75.4 Å². The molecule has 194 valence electrons. The Labute approximate surface area is 208 Å². The molecule has 33 heavy (non-hydrogen) atoms. The van der Waals surface area contributed by atoms with Gasteiger partial charge in [-0.05, 0) is 104 Å². The van der Waals surface area contributed by atoms with Gasteiger partial charge in [0.1, 0.15) is 0 Å². The number of allylic oxidation sites excluding steroid dienone is 5. The Bertz CT molecular complexity index is 463. The molecule has 0 spiro atoms. The highest BCUT2D eigenvalue weighted by atomic mass is 16.7. The Morgan fingerprint density at radius 1 is 0.606 bits per heavy atom. The SMILES string of the molecule is C=CCCCCCCCCC(OCCC(C)CCC=C(C)C)OCCC(C)CCC=C(C)C. The van der Waals surface area contributed by atoms with Crippen LogP contribution in [0.5, 0.6) is 0 Å². The van der Waals surface area contributed by atoms with Crippen LogP contribution in [-0.2, 0) is 9.47 Å². The number of unbranched alkanes of at least 4 members (excludes halogenated alkanes) is 6. The second kappa shape index (κ2) is 22.9. The van der Waals surface area contributed by atoms with Crippen molar-refractivity contribution >= 4 is 0 Å². The summed E-state index contributed by atoms with van der Waals surface area (Å²) in [6.45, 7) is 18.9. The quantitative estimate of drug-likeness (QED) is 0.0854. The third kappa shape index (κ3) is 24.1. The predicted octanol–water partition coefficient (Wildman–Crippen LogP) is 10.2. The maximum Gasteiger partial charge on any atom is 0.157 e. The molecular weight excluding hydrogens is 404 g/mol. The van der Waals surface area contributed by atoms with Gasteiger partial charge >= 0.3 is 0 Å². The van der Waals surface area contributed by atoms with Gasteiger partial charge in [0.05, 0.1) is 0 Å². The van der Waals surface area contributed by atoms with Crippen LogP contribution in [0.1, 0.15) is 131 Å². The molecule has 2 unspecified atom stereocenters. The van der Waals surface area contributed by atoms with Crippen molar-refractivity contribution in [2.45, 2.75) is 138 Å². The van der Waals surface area contributed by atoms with Crippen LogP contribution < -0.4 is 0 Å². The van der Waals surface area contributed by atoms with Crippen LogP contribution in [0.25, 0.3) is 0 Å². The maximum atomic E-state index is 6.24. The molecule has 0 aliphatic carbocycles. The molecular formula is C31H58O2. The molecule has 0 heterocycles. The van der Waals surface area contributed by atoms with Crippen LogP contribution in [0.15, 0.2) is 36.0 Å². The van der Waals surface area contributed by atoms with Crippen LogP contribution in [0.4, 0.5) is 0 Å². The number of hydrogen-bond acceptors (Lipinski definition) is 2. The minimum atomic E-state index is -0.0271. The number of rotatable bonds is 23. The Balaban J connectivity index is 4.24. The van der Waals surface area contributed by atoms with Crippen LogP contribution in [0.2, 0.25) is 0 Å². The van der Waals surface area contributed by atoms with E-state index in [0.29, 0.717) is 11.8 Å². The first-order valence-electron chi connectivity index (χ1n) is 14.0. The van der Waals surface area contributed by atoms with E-state index in [2.05, 4.69) is 60.3 Å². The minimum absolute atomic E-state index is 0.0271. The van der Waals surface area contributed by atoms with E-state index in [9.17, 15) is 0 Å². The second-order valence-electron chi connectivity index (χ2n) is 10.7. The molecule has 2 heteroatoms. The van der Waals surface area contributed by atoms with Gasteiger partial charge in [0, 0.05) is 13.2 Å². The van der Waals surface area contributed by atoms with E-state index in [-0.39, 0.29) is 6.29 Å². The van der Waals surface area contributed by atoms with E-state index in [1.807, 2.05) is 6.08 Å². The van der Waals surface area contributed by atoms with Crippen LogP contribution >= 0.6 is 0 Å². The maximum absolute atomic E-state index is 6.24. The molecule has 0 rings (SSSR count). The summed E-state index contributed by atoms with van der Waals surface area (Å²) in [5.41, 5.74) is 2.84. The van der Waals surface area contributed by atoms with Crippen molar-refractivity contribution in [3.8, 4) is 0 Å². The van der Waals surface area contributed by atoms with E-state index in [1.54, 1.807) is 0 Å². The average Bonchev–Trinajstić information content (AvgIpc) is 2.74. The molecule has 2 atom stereocenters. The highest BCUT2D eigenvalue weighted by Crippen LogP contribution is 2.17. The van der Waals surface area contributed by atoms with Gasteiger partial charge in [0.15, 0.2) is 6.29 Å². The first-order valence-corrected chi connectivity index (χ1v) is 14.0. The Hall–Kier alpha value is -0.860. The lowest BCUT2D eigenvalue weighted by atomic mass is 10.0. The smallest absolute Gasteiger partial charge is 0.157 e. The molecule has 0 aliphatic rings. The molecule has 0 aromatic heterocycles. The summed E-state index contributed by atoms with van der Waals surface area (Å²) < 4.78 is 12.5. The molecule has 0 aliphatic heterocycles. The van der Waals surface area contributed by atoms with Gasteiger partial charge in [-0.2, -0.15) is 0 Å². The summed E-state index contributed by atoms with van der Waals surface area (Å²) in [5.74, 6) is 1.40. The van der Waals surface area contributed by atoms with Gasteiger partial charge in [-0.25, -0.2) is 0 Å². The van der Waals surface area contributed by atoms with E-state index >= 15 is 0 Å². The van der Waals surface area contributed by atoms with Gasteiger partial charge < -0.3 is 9.47 Å². The molecule has 0 amide bonds. The first-order chi connectivity index (χ1) is 15.8. The molecule has 0 radical (unpaired) electrons. The van der Waals surface area contributed by atoms with Crippen LogP contribution in [-0.4, -0.2) is 19.5 Å². The zero-order chi connectivity index (χ0) is 24.7. The molecule has 0 aromatic rings. The van der Waals surface area contributed by atoms with Crippen molar-refractivity contribution in [1.82, 2.24) is 0 Å². The zero-order valence-electron chi connectivity index (χ0n) is 23.3. The van der Waals surface area contributed by atoms with Gasteiger partial charge in [0.2, 0.25) is 0 Å². The second-order valence-corrected chi connectivity index (χ2v) is 10.7. The molecule has 0 N–H and O–H groups in total. The number of ether oxygens (including phenoxy) is 2. The zero-order valence-corrected chi connectivity index (χ0v) is 23.3.